The van der Waals surface area contributed by atoms with E-state index in [0.29, 0.717) is 11.4 Å². The van der Waals surface area contributed by atoms with Crippen LogP contribution in [-0.4, -0.2) is 37.0 Å². The van der Waals surface area contributed by atoms with Crippen molar-refractivity contribution in [2.24, 2.45) is 0 Å². The van der Waals surface area contributed by atoms with Gasteiger partial charge in [0.05, 0.1) is 17.8 Å². The maximum Gasteiger partial charge on any atom is 0.319 e. The quantitative estimate of drug-likeness (QED) is 0.756. The Labute approximate surface area is 122 Å². The van der Waals surface area contributed by atoms with Crippen LogP contribution in [0.25, 0.3) is 0 Å². The zero-order valence-corrected chi connectivity index (χ0v) is 12.1. The van der Waals surface area contributed by atoms with Crippen molar-refractivity contribution < 1.29 is 19.0 Å². The van der Waals surface area contributed by atoms with E-state index in [4.69, 9.17) is 21.4 Å². The van der Waals surface area contributed by atoms with Gasteiger partial charge in [-0.2, -0.15) is 0 Å². The summed E-state index contributed by atoms with van der Waals surface area (Å²) in [6.07, 6.45) is 0.312. The summed E-state index contributed by atoms with van der Waals surface area (Å²) in [5.74, 6) is -0.583. The van der Waals surface area contributed by atoms with Crippen LogP contribution in [0.3, 0.4) is 0 Å². The fourth-order valence-corrected chi connectivity index (χ4v) is 1.93. The summed E-state index contributed by atoms with van der Waals surface area (Å²) in [6.45, 7) is 1.84. The monoisotopic (exact) mass is 304 g/mol. The number of aliphatic hydroxyl groups is 1. The fraction of sp³-hybridized carbons (Fsp3) is 0.462. The minimum Gasteiger partial charge on any atom is -0.396 e. The number of nitrogens with one attached hydrogen (secondary N) is 2. The van der Waals surface area contributed by atoms with Gasteiger partial charge >= 0.3 is 6.03 Å². The topological polar surface area (TPSA) is 70.6 Å². The number of urea groups is 1. The van der Waals surface area contributed by atoms with Gasteiger partial charge < -0.3 is 20.5 Å². The van der Waals surface area contributed by atoms with E-state index in [1.807, 2.05) is 0 Å². The molecule has 0 aliphatic heterocycles. The number of amides is 2. The largest absolute Gasteiger partial charge is 0.396 e. The summed E-state index contributed by atoms with van der Waals surface area (Å²) in [4.78, 5) is 11.9. The lowest BCUT2D eigenvalue weighted by Gasteiger charge is -2.29. The molecule has 1 aromatic rings. The van der Waals surface area contributed by atoms with Crippen LogP contribution in [0, 0.1) is 5.82 Å². The molecular formula is C13H18ClFN2O3. The maximum absolute atomic E-state index is 13.5. The SMILES string of the molecule is COCC(C)(CCO)NC(=O)Nc1cc(Cl)ccc1F. The van der Waals surface area contributed by atoms with E-state index in [0.717, 1.165) is 0 Å². The summed E-state index contributed by atoms with van der Waals surface area (Å²) in [7, 11) is 1.49. The third kappa shape index (κ3) is 4.96. The molecule has 112 valence electrons. The van der Waals surface area contributed by atoms with E-state index in [-0.39, 0.29) is 18.9 Å². The van der Waals surface area contributed by atoms with E-state index in [1.54, 1.807) is 6.92 Å². The molecule has 1 rings (SSSR count). The Kier molecular flexibility index (Phi) is 6.19. The number of hydrogen-bond acceptors (Lipinski definition) is 3. The van der Waals surface area contributed by atoms with E-state index >= 15 is 0 Å². The van der Waals surface area contributed by atoms with Crippen molar-refractivity contribution >= 4 is 23.3 Å². The van der Waals surface area contributed by atoms with Gasteiger partial charge in [-0.05, 0) is 31.5 Å². The molecule has 0 saturated heterocycles. The number of ether oxygens (including phenoxy) is 1. The third-order valence-electron chi connectivity index (χ3n) is 2.72. The van der Waals surface area contributed by atoms with Gasteiger partial charge in [-0.1, -0.05) is 11.6 Å². The van der Waals surface area contributed by atoms with E-state index in [9.17, 15) is 9.18 Å². The van der Waals surface area contributed by atoms with Gasteiger partial charge in [0.1, 0.15) is 5.82 Å². The van der Waals surface area contributed by atoms with Crippen molar-refractivity contribution in [3.63, 3.8) is 0 Å². The predicted molar refractivity (Wildman–Crippen MR) is 75.5 cm³/mol. The van der Waals surface area contributed by atoms with Gasteiger partial charge in [0, 0.05) is 18.7 Å². The zero-order chi connectivity index (χ0) is 15.2. The molecule has 0 aliphatic rings. The Morgan fingerprint density at radius 2 is 2.25 bits per heavy atom. The molecule has 2 amide bonds. The van der Waals surface area contributed by atoms with Crippen LogP contribution in [0.1, 0.15) is 13.3 Å². The molecule has 0 spiro atoms. The van der Waals surface area contributed by atoms with Crippen molar-refractivity contribution in [2.75, 3.05) is 25.6 Å². The molecule has 0 fully saturated rings. The number of carbonyl (C=O) groups excluding carboxylic acids is 1. The summed E-state index contributed by atoms with van der Waals surface area (Å²) >= 11 is 5.74. The molecule has 0 radical (unpaired) electrons. The summed E-state index contributed by atoms with van der Waals surface area (Å²) < 4.78 is 18.5. The van der Waals surface area contributed by atoms with Crippen LogP contribution < -0.4 is 10.6 Å². The van der Waals surface area contributed by atoms with Gasteiger partial charge in [-0.25, -0.2) is 9.18 Å². The molecule has 3 N–H and O–H groups in total. The highest BCUT2D eigenvalue weighted by Crippen LogP contribution is 2.19. The molecule has 7 heteroatoms. The first-order chi connectivity index (χ1) is 9.40. The van der Waals surface area contributed by atoms with Crippen molar-refractivity contribution in [1.29, 1.82) is 0 Å². The molecule has 20 heavy (non-hydrogen) atoms. The molecule has 0 bridgehead atoms. The number of carbonyl (C=O) groups is 1. The Morgan fingerprint density at radius 1 is 1.55 bits per heavy atom. The number of benzene rings is 1. The average molecular weight is 305 g/mol. The number of anilines is 1. The summed E-state index contributed by atoms with van der Waals surface area (Å²) in [5, 5.41) is 14.3. The summed E-state index contributed by atoms with van der Waals surface area (Å²) in [6, 6.07) is 3.27. The molecule has 0 heterocycles. The molecule has 0 saturated carbocycles. The van der Waals surface area contributed by atoms with Crippen molar-refractivity contribution in [1.82, 2.24) is 5.32 Å². The number of hydrogen-bond donors (Lipinski definition) is 3. The third-order valence-corrected chi connectivity index (χ3v) is 2.95. The van der Waals surface area contributed by atoms with Crippen LogP contribution in [0.2, 0.25) is 5.02 Å². The number of methoxy groups -OCH3 is 1. The first kappa shape index (κ1) is 16.7. The van der Waals surface area contributed by atoms with Crippen molar-refractivity contribution in [3.05, 3.63) is 29.0 Å². The van der Waals surface area contributed by atoms with Gasteiger partial charge in [0.2, 0.25) is 0 Å². The first-order valence-electron chi connectivity index (χ1n) is 6.04. The lowest BCUT2D eigenvalue weighted by atomic mass is 10.00. The van der Waals surface area contributed by atoms with Crippen molar-refractivity contribution in [3.8, 4) is 0 Å². The summed E-state index contributed by atoms with van der Waals surface area (Å²) in [5.41, 5.74) is -0.762. The van der Waals surface area contributed by atoms with Crippen LogP contribution in [0.15, 0.2) is 18.2 Å². The van der Waals surface area contributed by atoms with Gasteiger partial charge in [-0.15, -0.1) is 0 Å². The Bertz CT molecular complexity index is 465. The minimum absolute atomic E-state index is 0.0150. The maximum atomic E-state index is 13.5. The average Bonchev–Trinajstić information content (AvgIpc) is 2.34. The van der Waals surface area contributed by atoms with Gasteiger partial charge in [0.25, 0.3) is 0 Å². The lowest BCUT2D eigenvalue weighted by Crippen LogP contribution is -2.51. The van der Waals surface area contributed by atoms with Crippen molar-refractivity contribution in [2.45, 2.75) is 18.9 Å². The molecule has 1 unspecified atom stereocenters. The Morgan fingerprint density at radius 3 is 2.85 bits per heavy atom. The second-order valence-corrected chi connectivity index (χ2v) is 5.11. The smallest absolute Gasteiger partial charge is 0.319 e. The number of halogens is 2. The van der Waals surface area contributed by atoms with Crippen LogP contribution in [-0.2, 0) is 4.74 Å². The van der Waals surface area contributed by atoms with E-state index in [1.165, 1.54) is 25.3 Å². The Balaban J connectivity index is 2.72. The number of aliphatic hydroxyl groups excluding tert-OH is 1. The molecular weight excluding hydrogens is 287 g/mol. The number of rotatable bonds is 6. The van der Waals surface area contributed by atoms with E-state index < -0.39 is 17.4 Å². The van der Waals surface area contributed by atoms with Gasteiger partial charge in [0.15, 0.2) is 0 Å². The first-order valence-corrected chi connectivity index (χ1v) is 6.42. The highest BCUT2D eigenvalue weighted by Gasteiger charge is 2.26. The fourth-order valence-electron chi connectivity index (χ4n) is 1.76. The second kappa shape index (κ2) is 7.42. The molecule has 1 atom stereocenters. The van der Waals surface area contributed by atoms with Gasteiger partial charge in [-0.3, -0.25) is 0 Å². The van der Waals surface area contributed by atoms with Crippen LogP contribution in [0.4, 0.5) is 14.9 Å². The molecule has 1 aromatic carbocycles. The predicted octanol–water partition coefficient (Wildman–Crippen LogP) is 2.39. The highest BCUT2D eigenvalue weighted by molar-refractivity contribution is 6.30. The standard InChI is InChI=1S/C13H18ClFN2O3/c1-13(5-6-18,8-20-2)17-12(19)16-11-7-9(14)3-4-10(11)15/h3-4,7,18H,5-6,8H2,1-2H3,(H2,16,17,19). The Hall–Kier alpha value is -1.37. The van der Waals surface area contributed by atoms with Crippen LogP contribution in [0.5, 0.6) is 0 Å². The molecule has 5 nitrogen and oxygen atoms in total. The van der Waals surface area contributed by atoms with Crippen LogP contribution >= 0.6 is 11.6 Å². The molecule has 0 aromatic heterocycles. The highest BCUT2D eigenvalue weighted by atomic mass is 35.5. The second-order valence-electron chi connectivity index (χ2n) is 4.67. The zero-order valence-electron chi connectivity index (χ0n) is 11.4. The molecule has 0 aliphatic carbocycles. The normalized spacial score (nSPS) is 13.7. The lowest BCUT2D eigenvalue weighted by molar-refractivity contribution is 0.104. The van der Waals surface area contributed by atoms with E-state index in [2.05, 4.69) is 10.6 Å². The minimum atomic E-state index is -0.747.